The van der Waals surface area contributed by atoms with Gasteiger partial charge in [-0.25, -0.2) is 9.37 Å². The van der Waals surface area contributed by atoms with Gasteiger partial charge in [0.15, 0.2) is 19.4 Å². The number of aliphatic hydroxyl groups is 2. The van der Waals surface area contributed by atoms with Crippen LogP contribution >= 0.6 is 7.92 Å². The summed E-state index contributed by atoms with van der Waals surface area (Å²) in [5.74, 6) is -4.61. The van der Waals surface area contributed by atoms with Gasteiger partial charge in [-0.05, 0) is 61.0 Å². The molecule has 2 radical (unpaired) electrons. The maximum absolute atomic E-state index is 15.2. The van der Waals surface area contributed by atoms with E-state index in [1.54, 1.807) is 31.2 Å². The Kier molecular flexibility index (Phi) is 6.95. The summed E-state index contributed by atoms with van der Waals surface area (Å²) in [6.45, 7) is 2.53. The van der Waals surface area contributed by atoms with Gasteiger partial charge in [-0.1, -0.05) is 39.1 Å². The van der Waals surface area contributed by atoms with E-state index in [4.69, 9.17) is 12.6 Å². The number of alkyl halides is 2. The first-order valence-corrected chi connectivity index (χ1v) is 14.3. The lowest BCUT2D eigenvalue weighted by Crippen LogP contribution is -2.53. The van der Waals surface area contributed by atoms with Crippen LogP contribution in [0.1, 0.15) is 35.6 Å². The molecule has 1 amide bonds. The van der Waals surface area contributed by atoms with Crippen LogP contribution in [0.25, 0.3) is 27.8 Å². The molecule has 200 valence electrons. The van der Waals surface area contributed by atoms with Gasteiger partial charge < -0.3 is 14.9 Å². The molecular weight excluding hydrogens is 529 g/mol. The second-order valence-electron chi connectivity index (χ2n) is 9.38. The Morgan fingerprint density at radius 2 is 1.87 bits per heavy atom. The fourth-order valence-electron chi connectivity index (χ4n) is 4.98. The number of hydrogen-bond acceptors (Lipinski definition) is 5. The van der Waals surface area contributed by atoms with Crippen LogP contribution in [0.3, 0.4) is 0 Å². The molecule has 0 spiro atoms. The lowest BCUT2D eigenvalue weighted by Gasteiger charge is -2.37. The fourth-order valence-corrected chi connectivity index (χ4v) is 5.73. The third-order valence-corrected chi connectivity index (χ3v) is 8.01. The van der Waals surface area contributed by atoms with Crippen molar-refractivity contribution in [2.45, 2.75) is 31.8 Å². The first kappa shape index (κ1) is 27.2. The maximum atomic E-state index is 15.2. The number of benzene rings is 3. The second-order valence-corrected chi connectivity index (χ2v) is 11.7. The highest BCUT2D eigenvalue weighted by Crippen LogP contribution is 2.42. The van der Waals surface area contributed by atoms with Gasteiger partial charge in [-0.15, -0.1) is 0 Å². The Labute approximate surface area is 225 Å². The second kappa shape index (κ2) is 9.97. The zero-order valence-corrected chi connectivity index (χ0v) is 22.2. The van der Waals surface area contributed by atoms with E-state index < -0.39 is 38.1 Å². The predicted octanol–water partition coefficient (Wildman–Crippen LogP) is 4.47. The van der Waals surface area contributed by atoms with Gasteiger partial charge >= 0.3 is 6.61 Å². The predicted molar refractivity (Wildman–Crippen MR) is 144 cm³/mol. The van der Waals surface area contributed by atoms with Crippen molar-refractivity contribution in [2.24, 2.45) is 0 Å². The van der Waals surface area contributed by atoms with Gasteiger partial charge in [0, 0.05) is 5.56 Å². The van der Waals surface area contributed by atoms with Crippen molar-refractivity contribution in [1.82, 2.24) is 14.5 Å². The molecule has 1 atom stereocenters. The summed E-state index contributed by atoms with van der Waals surface area (Å²) in [5.41, 5.74) is 1.37. The van der Waals surface area contributed by atoms with Crippen molar-refractivity contribution in [3.63, 3.8) is 0 Å². The topological polar surface area (TPSA) is 87.8 Å². The van der Waals surface area contributed by atoms with Crippen LogP contribution < -0.4 is 10.0 Å². The van der Waals surface area contributed by atoms with Gasteiger partial charge in [0.2, 0.25) is 0 Å². The molecule has 12 heteroatoms. The Hall–Kier alpha value is -3.40. The average Bonchev–Trinajstić information content (AvgIpc) is 3.18. The van der Waals surface area contributed by atoms with Crippen molar-refractivity contribution < 1.29 is 32.9 Å². The van der Waals surface area contributed by atoms with Crippen LogP contribution in [0, 0.1) is 5.82 Å². The van der Waals surface area contributed by atoms with Gasteiger partial charge in [-0.2, -0.15) is 8.78 Å². The number of rotatable bonds is 6. The number of para-hydroxylation sites is 1. The number of carbonyl (C=O) groups is 1. The van der Waals surface area contributed by atoms with Crippen molar-refractivity contribution >= 4 is 38.0 Å². The number of imidazole rings is 1. The third-order valence-electron chi connectivity index (χ3n) is 6.70. The van der Waals surface area contributed by atoms with Crippen molar-refractivity contribution in [3.05, 3.63) is 71.8 Å². The van der Waals surface area contributed by atoms with Crippen LogP contribution in [0.15, 0.2) is 54.6 Å². The largest absolute Gasteiger partial charge is 0.433 e. The quantitative estimate of drug-likeness (QED) is 0.209. The van der Waals surface area contributed by atoms with Gasteiger partial charge in [0.1, 0.15) is 17.3 Å². The lowest BCUT2D eigenvalue weighted by molar-refractivity contribution is -0.191. The van der Waals surface area contributed by atoms with E-state index in [2.05, 4.69) is 4.98 Å². The zero-order valence-electron chi connectivity index (χ0n) is 21.3. The first-order valence-electron chi connectivity index (χ1n) is 12.1. The highest BCUT2D eigenvalue weighted by Gasteiger charge is 2.43. The molecule has 1 aliphatic heterocycles. The first-order chi connectivity index (χ1) is 18.4. The molecule has 1 unspecified atom stereocenters. The number of aromatic nitrogens is 2. The molecule has 0 bridgehead atoms. The molecular formula is C27H24BF3N3O4P. The molecule has 7 nitrogen and oxygen atoms in total. The number of ether oxygens (including phenoxy) is 1. The van der Waals surface area contributed by atoms with E-state index in [1.807, 2.05) is 19.4 Å². The molecule has 2 heterocycles. The molecule has 4 aromatic rings. The van der Waals surface area contributed by atoms with E-state index in [9.17, 15) is 23.8 Å². The molecule has 0 saturated carbocycles. The molecule has 1 aliphatic rings. The fraction of sp³-hybridized carbons (Fsp3) is 0.259. The highest BCUT2D eigenvalue weighted by molar-refractivity contribution is 7.64. The normalized spacial score (nSPS) is 15.6. The average molecular weight is 553 g/mol. The summed E-state index contributed by atoms with van der Waals surface area (Å²) in [6.07, 6.45) is 0.147. The Morgan fingerprint density at radius 1 is 1.13 bits per heavy atom. The Bertz CT molecular complexity index is 1590. The number of fused-ring (bicyclic) bond motifs is 5. The number of amides is 1. The zero-order chi connectivity index (χ0) is 28.2. The van der Waals surface area contributed by atoms with Crippen molar-refractivity contribution in [1.29, 1.82) is 0 Å². The summed E-state index contributed by atoms with van der Waals surface area (Å²) in [7, 11) is 5.10. The number of hydrogen-bond donors (Lipinski definition) is 2. The van der Waals surface area contributed by atoms with E-state index >= 15 is 4.39 Å². The summed E-state index contributed by atoms with van der Waals surface area (Å²) in [6, 6.07) is 12.9. The van der Waals surface area contributed by atoms with E-state index in [1.165, 1.54) is 28.8 Å². The smallest absolute Gasteiger partial charge is 0.387 e. The SMILES string of the molecule is [B]C(O)(O)N1C(=O)c2cccc(OC(F)F)c2-n2c(nc3ccc(-c4ccc(P(C)C)cc4F)cc32)C1CC. The van der Waals surface area contributed by atoms with Crippen LogP contribution in [-0.2, 0) is 0 Å². The van der Waals surface area contributed by atoms with Gasteiger partial charge in [-0.3, -0.25) is 14.3 Å². The number of nitrogens with zero attached hydrogens (tertiary/aromatic N) is 3. The summed E-state index contributed by atoms with van der Waals surface area (Å²) in [5, 5.41) is 21.6. The van der Waals surface area contributed by atoms with E-state index in [0.29, 0.717) is 27.1 Å². The van der Waals surface area contributed by atoms with Crippen LogP contribution in [-0.4, -0.2) is 64.2 Å². The molecule has 2 N–H and O–H groups in total. The molecule has 39 heavy (non-hydrogen) atoms. The lowest BCUT2D eigenvalue weighted by atomic mass is 9.97. The van der Waals surface area contributed by atoms with Crippen molar-refractivity contribution in [3.8, 4) is 22.6 Å². The Balaban J connectivity index is 1.84. The molecule has 1 aromatic heterocycles. The molecule has 3 aromatic carbocycles. The molecule has 0 fully saturated rings. The van der Waals surface area contributed by atoms with Gasteiger partial charge in [0.05, 0.1) is 22.6 Å². The van der Waals surface area contributed by atoms with Crippen molar-refractivity contribution in [2.75, 3.05) is 13.3 Å². The number of halogens is 3. The monoisotopic (exact) mass is 553 g/mol. The van der Waals surface area contributed by atoms with E-state index in [-0.39, 0.29) is 29.2 Å². The minimum Gasteiger partial charge on any atom is -0.433 e. The van der Waals surface area contributed by atoms with Crippen LogP contribution in [0.5, 0.6) is 5.75 Å². The molecule has 0 saturated heterocycles. The molecule has 5 rings (SSSR count). The van der Waals surface area contributed by atoms with Crippen LogP contribution in [0.4, 0.5) is 13.2 Å². The number of carbonyl (C=O) groups excluding carboxylic acids is 1. The third kappa shape index (κ3) is 4.69. The van der Waals surface area contributed by atoms with Crippen LogP contribution in [0.2, 0.25) is 0 Å². The maximum Gasteiger partial charge on any atom is 0.387 e. The molecule has 0 aliphatic carbocycles. The minimum absolute atomic E-state index is 0.0684. The summed E-state index contributed by atoms with van der Waals surface area (Å²) < 4.78 is 48.3. The standard InChI is InChI=1S/C27H24BF3N3O4P/c1-4-20-24-32-19-11-8-14(16-10-9-15(39(2)3)13-18(16)29)12-21(19)33(24)23-17(25(35)34(20)27(28,36)37)6-5-7-22(23)38-26(30)31/h5-13,20,26,36-37H,4H2,1-3H3. The summed E-state index contributed by atoms with van der Waals surface area (Å²) in [4.78, 5) is 18.9. The highest BCUT2D eigenvalue weighted by atomic mass is 31.1. The summed E-state index contributed by atoms with van der Waals surface area (Å²) >= 11 is 0. The Morgan fingerprint density at radius 3 is 2.49 bits per heavy atom. The van der Waals surface area contributed by atoms with E-state index in [0.717, 1.165) is 5.30 Å². The minimum atomic E-state index is -3.21. The van der Waals surface area contributed by atoms with Gasteiger partial charge in [0.25, 0.3) is 5.91 Å².